The van der Waals surface area contributed by atoms with Gasteiger partial charge in [0.2, 0.25) is 11.8 Å². The standard InChI is InChI=1S/C24H24N4O8S/c1-24(2)18(22(31)32)27-20(30)17(21(27)37-24)25-19(29)16(14-6-4-3-5-7-14)26-23(33)36-12-13-8-10-15(11-9-13)28(34)35/h3-11,16-18,21H,12H2,1-2H3,(H,25,29)(H,26,33)(H,31,32)/t16?,17-,18+,21-/m1/s1. The highest BCUT2D eigenvalue weighted by Gasteiger charge is 2.64. The minimum absolute atomic E-state index is 0.100. The van der Waals surface area contributed by atoms with E-state index in [1.807, 2.05) is 0 Å². The molecule has 4 atom stereocenters. The molecule has 0 aromatic heterocycles. The number of thioether (sulfide) groups is 1. The van der Waals surface area contributed by atoms with Crippen molar-refractivity contribution in [3.05, 3.63) is 75.8 Å². The number of ether oxygens (including phenoxy) is 1. The molecule has 0 saturated carbocycles. The number of rotatable bonds is 8. The number of benzene rings is 2. The first-order valence-electron chi connectivity index (χ1n) is 11.2. The SMILES string of the molecule is CC1(C)S[C@@H]2[C@H](NC(=O)C(NC(=O)OCc3ccc([N+](=O)[O-])cc3)c3ccccc3)C(=O)N2[C@H]1C(=O)O. The molecule has 2 aromatic rings. The van der Waals surface area contributed by atoms with Crippen LogP contribution in [0.15, 0.2) is 54.6 Å². The number of hydrogen-bond donors (Lipinski definition) is 3. The Balaban J connectivity index is 1.43. The summed E-state index contributed by atoms with van der Waals surface area (Å²) in [7, 11) is 0. The summed E-state index contributed by atoms with van der Waals surface area (Å²) in [6, 6.07) is 10.7. The van der Waals surface area contributed by atoms with Crippen molar-refractivity contribution < 1.29 is 33.9 Å². The van der Waals surface area contributed by atoms with E-state index in [1.165, 1.54) is 40.9 Å². The summed E-state index contributed by atoms with van der Waals surface area (Å²) in [6.45, 7) is 3.28. The molecular weight excluding hydrogens is 504 g/mol. The quantitative estimate of drug-likeness (QED) is 0.264. The average Bonchev–Trinajstić information content (AvgIpc) is 3.13. The first-order chi connectivity index (χ1) is 17.5. The Morgan fingerprint density at radius 2 is 1.81 bits per heavy atom. The maximum Gasteiger partial charge on any atom is 0.408 e. The van der Waals surface area contributed by atoms with Crippen molar-refractivity contribution in [2.24, 2.45) is 0 Å². The highest BCUT2D eigenvalue weighted by molar-refractivity contribution is 8.01. The summed E-state index contributed by atoms with van der Waals surface area (Å²) >= 11 is 1.29. The molecule has 3 N–H and O–H groups in total. The van der Waals surface area contributed by atoms with Gasteiger partial charge < -0.3 is 25.4 Å². The number of carbonyl (C=O) groups excluding carboxylic acids is 3. The predicted octanol–water partition coefficient (Wildman–Crippen LogP) is 2.19. The van der Waals surface area contributed by atoms with Gasteiger partial charge in [-0.15, -0.1) is 11.8 Å². The van der Waals surface area contributed by atoms with Crippen molar-refractivity contribution in [2.75, 3.05) is 0 Å². The average molecular weight is 529 g/mol. The first kappa shape index (κ1) is 25.9. The van der Waals surface area contributed by atoms with Crippen LogP contribution in [0.2, 0.25) is 0 Å². The van der Waals surface area contributed by atoms with Crippen LogP contribution >= 0.6 is 11.8 Å². The van der Waals surface area contributed by atoms with Gasteiger partial charge >= 0.3 is 12.1 Å². The molecule has 0 aliphatic carbocycles. The largest absolute Gasteiger partial charge is 0.480 e. The van der Waals surface area contributed by atoms with Gasteiger partial charge in [0.15, 0.2) is 0 Å². The fourth-order valence-corrected chi connectivity index (χ4v) is 5.98. The Morgan fingerprint density at radius 3 is 2.41 bits per heavy atom. The smallest absolute Gasteiger partial charge is 0.408 e. The normalized spacial score (nSPS) is 22.3. The van der Waals surface area contributed by atoms with E-state index in [0.717, 1.165) is 0 Å². The van der Waals surface area contributed by atoms with E-state index in [9.17, 15) is 34.4 Å². The van der Waals surface area contributed by atoms with Gasteiger partial charge in [-0.25, -0.2) is 9.59 Å². The number of amides is 3. The number of β-lactam (4-membered cyclic amide) rings is 1. The second-order valence-electron chi connectivity index (χ2n) is 9.07. The molecule has 2 aliphatic rings. The minimum atomic E-state index is -1.19. The van der Waals surface area contributed by atoms with Crippen LogP contribution in [-0.4, -0.2) is 61.0 Å². The maximum absolute atomic E-state index is 13.2. The van der Waals surface area contributed by atoms with Gasteiger partial charge in [0.25, 0.3) is 5.69 Å². The molecule has 1 unspecified atom stereocenters. The van der Waals surface area contributed by atoms with Crippen molar-refractivity contribution in [3.63, 3.8) is 0 Å². The van der Waals surface area contributed by atoms with Crippen LogP contribution in [0.1, 0.15) is 31.0 Å². The van der Waals surface area contributed by atoms with Gasteiger partial charge in [-0.1, -0.05) is 30.3 Å². The number of carboxylic acid groups (broad SMARTS) is 1. The van der Waals surface area contributed by atoms with Crippen LogP contribution in [0.3, 0.4) is 0 Å². The summed E-state index contributed by atoms with van der Waals surface area (Å²) in [5, 5.41) is 25.0. The molecule has 13 heteroatoms. The molecule has 4 rings (SSSR count). The van der Waals surface area contributed by atoms with E-state index < -0.39 is 57.0 Å². The molecule has 37 heavy (non-hydrogen) atoms. The molecule has 2 saturated heterocycles. The van der Waals surface area contributed by atoms with E-state index >= 15 is 0 Å². The second-order valence-corrected chi connectivity index (χ2v) is 10.8. The van der Waals surface area contributed by atoms with Crippen LogP contribution in [0.5, 0.6) is 0 Å². The molecule has 12 nitrogen and oxygen atoms in total. The van der Waals surface area contributed by atoms with Gasteiger partial charge in [-0.2, -0.15) is 0 Å². The number of nitro benzene ring substituents is 1. The number of carbonyl (C=O) groups is 4. The Labute approximate surface area is 215 Å². The molecule has 194 valence electrons. The third-order valence-electron chi connectivity index (χ3n) is 6.15. The van der Waals surface area contributed by atoms with Crippen LogP contribution < -0.4 is 10.6 Å². The number of nitrogens with one attached hydrogen (secondary N) is 2. The Morgan fingerprint density at radius 1 is 1.16 bits per heavy atom. The molecule has 0 spiro atoms. The van der Waals surface area contributed by atoms with Gasteiger partial charge in [0.05, 0.1) is 4.92 Å². The zero-order valence-electron chi connectivity index (χ0n) is 19.8. The van der Waals surface area contributed by atoms with E-state index in [2.05, 4.69) is 10.6 Å². The predicted molar refractivity (Wildman–Crippen MR) is 131 cm³/mol. The summed E-state index contributed by atoms with van der Waals surface area (Å²) in [6.07, 6.45) is -0.911. The molecule has 0 bridgehead atoms. The van der Waals surface area contributed by atoms with Gasteiger partial charge in [0, 0.05) is 16.9 Å². The third kappa shape index (κ3) is 5.21. The summed E-state index contributed by atoms with van der Waals surface area (Å²) < 4.78 is 4.44. The minimum Gasteiger partial charge on any atom is -0.480 e. The molecule has 0 radical (unpaired) electrons. The van der Waals surface area contributed by atoms with Gasteiger partial charge in [0.1, 0.15) is 30.1 Å². The van der Waals surface area contributed by atoms with E-state index in [-0.39, 0.29) is 12.3 Å². The highest BCUT2D eigenvalue weighted by atomic mass is 32.2. The second kappa shape index (κ2) is 10.1. The third-order valence-corrected chi connectivity index (χ3v) is 7.72. The van der Waals surface area contributed by atoms with Gasteiger partial charge in [-0.05, 0) is 37.1 Å². The van der Waals surface area contributed by atoms with E-state index in [1.54, 1.807) is 44.2 Å². The fourth-order valence-electron chi connectivity index (χ4n) is 4.35. The topological polar surface area (TPSA) is 168 Å². The number of nitrogens with zero attached hydrogens (tertiary/aromatic N) is 2. The number of hydrogen-bond acceptors (Lipinski definition) is 8. The summed E-state index contributed by atoms with van der Waals surface area (Å²) in [4.78, 5) is 61.8. The monoisotopic (exact) mass is 528 g/mol. The lowest BCUT2D eigenvalue weighted by Crippen LogP contribution is -2.71. The first-order valence-corrected chi connectivity index (χ1v) is 12.1. The number of non-ortho nitro benzene ring substituents is 1. The van der Waals surface area contributed by atoms with E-state index in [0.29, 0.717) is 11.1 Å². The summed E-state index contributed by atoms with van der Waals surface area (Å²) in [5.74, 6) is -2.28. The lowest BCUT2D eigenvalue weighted by molar-refractivity contribution is -0.384. The number of nitro groups is 1. The van der Waals surface area contributed by atoms with Crippen LogP contribution in [-0.2, 0) is 25.7 Å². The Kier molecular flexibility index (Phi) is 7.07. The Bertz CT molecular complexity index is 1240. The lowest BCUT2D eigenvalue weighted by Gasteiger charge is -2.43. The molecule has 2 fully saturated rings. The van der Waals surface area contributed by atoms with Crippen molar-refractivity contribution in [1.29, 1.82) is 0 Å². The number of alkyl carbamates (subject to hydrolysis) is 1. The lowest BCUT2D eigenvalue weighted by atomic mass is 9.95. The van der Waals surface area contributed by atoms with Gasteiger partial charge in [-0.3, -0.25) is 19.7 Å². The maximum atomic E-state index is 13.2. The molecular formula is C24H24N4O8S. The fraction of sp³-hybridized carbons (Fsp3) is 0.333. The highest BCUT2D eigenvalue weighted by Crippen LogP contribution is 2.50. The molecule has 2 heterocycles. The van der Waals surface area contributed by atoms with Crippen molar-refractivity contribution in [3.8, 4) is 0 Å². The van der Waals surface area contributed by atoms with Crippen molar-refractivity contribution >= 4 is 41.3 Å². The number of carboxylic acids is 1. The zero-order valence-corrected chi connectivity index (χ0v) is 20.6. The van der Waals surface area contributed by atoms with Crippen LogP contribution in [0.4, 0.5) is 10.5 Å². The number of aliphatic carboxylic acids is 1. The van der Waals surface area contributed by atoms with Crippen LogP contribution in [0.25, 0.3) is 0 Å². The molecule has 3 amide bonds. The molecule has 2 aliphatic heterocycles. The van der Waals surface area contributed by atoms with Crippen LogP contribution in [0, 0.1) is 10.1 Å². The number of fused-ring (bicyclic) bond motifs is 1. The Hall–Kier alpha value is -4.13. The van der Waals surface area contributed by atoms with Crippen molar-refractivity contribution in [2.45, 2.75) is 48.7 Å². The van der Waals surface area contributed by atoms with Crippen molar-refractivity contribution in [1.82, 2.24) is 15.5 Å². The van der Waals surface area contributed by atoms with E-state index in [4.69, 9.17) is 4.74 Å². The summed E-state index contributed by atoms with van der Waals surface area (Å²) in [5.41, 5.74) is 0.853. The zero-order chi connectivity index (χ0) is 26.9. The molecule has 2 aromatic carbocycles.